The number of carbonyl (C=O) groups is 1. The van der Waals surface area contributed by atoms with Gasteiger partial charge < -0.3 is 10.2 Å². The van der Waals surface area contributed by atoms with Crippen molar-refractivity contribution in [3.05, 3.63) is 40.7 Å². The van der Waals surface area contributed by atoms with Gasteiger partial charge in [0, 0.05) is 26.2 Å². The average molecular weight is 322 g/mol. The largest absolute Gasteiger partial charge is 0.347 e. The summed E-state index contributed by atoms with van der Waals surface area (Å²) in [7, 11) is 5.48. The fraction of sp³-hybridized carbons (Fsp3) is 0.400. The van der Waals surface area contributed by atoms with E-state index in [0.29, 0.717) is 11.0 Å². The van der Waals surface area contributed by atoms with Crippen LogP contribution in [-0.2, 0) is 7.05 Å². The Kier molecular flexibility index (Phi) is 5.03. The van der Waals surface area contributed by atoms with E-state index in [0.717, 1.165) is 12.0 Å². The summed E-state index contributed by atoms with van der Waals surface area (Å²) in [4.78, 5) is 14.2. The van der Waals surface area contributed by atoms with Gasteiger partial charge in [-0.15, -0.1) is 10.2 Å². The highest BCUT2D eigenvalue weighted by Crippen LogP contribution is 2.21. The van der Waals surface area contributed by atoms with E-state index in [1.54, 1.807) is 16.5 Å². The monoisotopic (exact) mass is 321 g/mol. The van der Waals surface area contributed by atoms with Crippen LogP contribution in [0.4, 0.5) is 5.95 Å². The molecule has 0 spiro atoms. The van der Waals surface area contributed by atoms with Crippen molar-refractivity contribution in [2.45, 2.75) is 19.4 Å². The minimum Gasteiger partial charge on any atom is -0.347 e. The molecule has 2 rings (SSSR count). The van der Waals surface area contributed by atoms with Gasteiger partial charge in [0.05, 0.1) is 6.04 Å². The molecule has 0 aliphatic carbocycles. The molecule has 2 aromatic rings. The molecule has 118 valence electrons. The Hall–Kier alpha value is -2.08. The Balaban J connectivity index is 2.19. The molecule has 7 heteroatoms. The number of anilines is 1. The van der Waals surface area contributed by atoms with E-state index >= 15 is 0 Å². The quantitative estimate of drug-likeness (QED) is 0.918. The second kappa shape index (κ2) is 6.79. The second-order valence-electron chi connectivity index (χ2n) is 5.27. The van der Waals surface area contributed by atoms with Crippen molar-refractivity contribution in [3.8, 4) is 0 Å². The van der Waals surface area contributed by atoms with E-state index in [9.17, 15) is 4.79 Å². The lowest BCUT2D eigenvalue weighted by molar-refractivity contribution is 0.0921. The number of benzene rings is 1. The third kappa shape index (κ3) is 3.39. The number of rotatable bonds is 5. The van der Waals surface area contributed by atoms with Gasteiger partial charge in [0.2, 0.25) is 11.8 Å². The van der Waals surface area contributed by atoms with Crippen LogP contribution in [0.5, 0.6) is 0 Å². The van der Waals surface area contributed by atoms with Crippen LogP contribution < -0.4 is 10.2 Å². The first kappa shape index (κ1) is 16.3. The van der Waals surface area contributed by atoms with Crippen molar-refractivity contribution in [2.75, 3.05) is 19.0 Å². The van der Waals surface area contributed by atoms with E-state index in [4.69, 9.17) is 11.6 Å². The van der Waals surface area contributed by atoms with Gasteiger partial charge in [0.25, 0.3) is 5.91 Å². The first-order valence-electron chi connectivity index (χ1n) is 7.07. The Morgan fingerprint density at radius 2 is 2.14 bits per heavy atom. The van der Waals surface area contributed by atoms with E-state index in [1.165, 1.54) is 0 Å². The van der Waals surface area contributed by atoms with Crippen molar-refractivity contribution in [3.63, 3.8) is 0 Å². The van der Waals surface area contributed by atoms with Gasteiger partial charge in [0.15, 0.2) is 0 Å². The number of hydrogen-bond donors (Lipinski definition) is 1. The number of halogens is 1. The van der Waals surface area contributed by atoms with Gasteiger partial charge in [-0.05, 0) is 24.1 Å². The maximum Gasteiger partial charge on any atom is 0.289 e. The van der Waals surface area contributed by atoms with Crippen LogP contribution in [0.15, 0.2) is 24.3 Å². The molecule has 0 bridgehead atoms. The lowest BCUT2D eigenvalue weighted by atomic mass is 10.0. The predicted octanol–water partition coefficient (Wildman–Crippen LogP) is 2.42. The summed E-state index contributed by atoms with van der Waals surface area (Å²) in [5.41, 5.74) is 0.971. The SMILES string of the molecule is CCC(NC(=O)c1nnc(N(C)C)n1C)c1cccc(Cl)c1. The summed E-state index contributed by atoms with van der Waals surface area (Å²) in [6.07, 6.45) is 0.754. The third-order valence-corrected chi connectivity index (χ3v) is 3.65. The maximum atomic E-state index is 12.4. The molecule has 0 saturated carbocycles. The molecule has 1 amide bonds. The standard InChI is InChI=1S/C15H20ClN5O/c1-5-12(10-7-6-8-11(16)9-10)17-14(22)13-18-19-15(20(2)3)21(13)4/h6-9,12H,5H2,1-4H3,(H,17,22). The van der Waals surface area contributed by atoms with Crippen molar-refractivity contribution < 1.29 is 4.79 Å². The molecule has 22 heavy (non-hydrogen) atoms. The Bertz CT molecular complexity index is 668. The fourth-order valence-corrected chi connectivity index (χ4v) is 2.47. The van der Waals surface area contributed by atoms with Crippen LogP contribution in [0.1, 0.15) is 35.6 Å². The molecule has 0 aliphatic heterocycles. The van der Waals surface area contributed by atoms with Crippen molar-refractivity contribution >= 4 is 23.5 Å². The molecular formula is C15H20ClN5O. The second-order valence-corrected chi connectivity index (χ2v) is 5.70. The van der Waals surface area contributed by atoms with Crippen LogP contribution in [0.2, 0.25) is 5.02 Å². The molecule has 6 nitrogen and oxygen atoms in total. The van der Waals surface area contributed by atoms with Gasteiger partial charge in [-0.3, -0.25) is 9.36 Å². The summed E-state index contributed by atoms with van der Waals surface area (Å²) < 4.78 is 1.67. The number of nitrogens with zero attached hydrogens (tertiary/aromatic N) is 4. The maximum absolute atomic E-state index is 12.4. The van der Waals surface area contributed by atoms with Gasteiger partial charge in [0.1, 0.15) is 0 Å². The zero-order valence-electron chi connectivity index (χ0n) is 13.2. The van der Waals surface area contributed by atoms with Crippen LogP contribution in [0.25, 0.3) is 0 Å². The summed E-state index contributed by atoms with van der Waals surface area (Å²) in [6.45, 7) is 2.01. The fourth-order valence-electron chi connectivity index (χ4n) is 2.28. The lowest BCUT2D eigenvalue weighted by Gasteiger charge is -2.17. The lowest BCUT2D eigenvalue weighted by Crippen LogP contribution is -2.30. The molecule has 1 heterocycles. The third-order valence-electron chi connectivity index (χ3n) is 3.42. The summed E-state index contributed by atoms with van der Waals surface area (Å²) in [5, 5.41) is 11.6. The molecule has 1 N–H and O–H groups in total. The molecule has 1 atom stereocenters. The van der Waals surface area contributed by atoms with Crippen molar-refractivity contribution in [1.82, 2.24) is 20.1 Å². The zero-order valence-corrected chi connectivity index (χ0v) is 13.9. The van der Waals surface area contributed by atoms with Crippen LogP contribution in [0.3, 0.4) is 0 Å². The smallest absolute Gasteiger partial charge is 0.289 e. The van der Waals surface area contributed by atoms with Gasteiger partial charge in [-0.1, -0.05) is 30.7 Å². The normalized spacial score (nSPS) is 12.0. The van der Waals surface area contributed by atoms with Gasteiger partial charge >= 0.3 is 0 Å². The molecule has 0 radical (unpaired) electrons. The molecular weight excluding hydrogens is 302 g/mol. The van der Waals surface area contributed by atoms with Gasteiger partial charge in [-0.2, -0.15) is 0 Å². The van der Waals surface area contributed by atoms with E-state index in [1.807, 2.05) is 45.3 Å². The van der Waals surface area contributed by atoms with Crippen molar-refractivity contribution in [1.29, 1.82) is 0 Å². The summed E-state index contributed by atoms with van der Waals surface area (Å²) in [6, 6.07) is 7.37. The Morgan fingerprint density at radius 3 is 2.68 bits per heavy atom. The number of amides is 1. The number of carbonyl (C=O) groups excluding carboxylic acids is 1. The zero-order chi connectivity index (χ0) is 16.3. The molecule has 0 aliphatic rings. The predicted molar refractivity (Wildman–Crippen MR) is 87.3 cm³/mol. The number of nitrogens with one attached hydrogen (secondary N) is 1. The molecule has 1 aromatic heterocycles. The topological polar surface area (TPSA) is 63.1 Å². The number of aromatic nitrogens is 3. The first-order chi connectivity index (χ1) is 10.4. The Labute approximate surface area is 135 Å². The highest BCUT2D eigenvalue weighted by atomic mass is 35.5. The van der Waals surface area contributed by atoms with Crippen LogP contribution >= 0.6 is 11.6 Å². The van der Waals surface area contributed by atoms with E-state index < -0.39 is 0 Å². The molecule has 0 saturated heterocycles. The molecule has 1 unspecified atom stereocenters. The van der Waals surface area contributed by atoms with Gasteiger partial charge in [-0.25, -0.2) is 0 Å². The number of hydrogen-bond acceptors (Lipinski definition) is 4. The minimum absolute atomic E-state index is 0.120. The van der Waals surface area contributed by atoms with Crippen LogP contribution in [0, 0.1) is 0 Å². The van der Waals surface area contributed by atoms with Crippen LogP contribution in [-0.4, -0.2) is 34.8 Å². The highest BCUT2D eigenvalue weighted by Gasteiger charge is 2.20. The summed E-state index contributed by atoms with van der Waals surface area (Å²) >= 11 is 6.02. The molecule has 0 fully saturated rings. The van der Waals surface area contributed by atoms with E-state index in [-0.39, 0.29) is 17.8 Å². The highest BCUT2D eigenvalue weighted by molar-refractivity contribution is 6.30. The Morgan fingerprint density at radius 1 is 1.41 bits per heavy atom. The first-order valence-corrected chi connectivity index (χ1v) is 7.44. The minimum atomic E-state index is -0.255. The summed E-state index contributed by atoms with van der Waals surface area (Å²) in [5.74, 6) is 0.653. The molecule has 1 aromatic carbocycles. The average Bonchev–Trinajstić information content (AvgIpc) is 2.86. The van der Waals surface area contributed by atoms with E-state index in [2.05, 4.69) is 15.5 Å². The van der Waals surface area contributed by atoms with Crippen molar-refractivity contribution in [2.24, 2.45) is 7.05 Å².